The second-order valence-electron chi connectivity index (χ2n) is 28.7. The molecule has 0 rings (SSSR count). The Kier molecular flexibility index (Phi) is 75.5. The summed E-state index contributed by atoms with van der Waals surface area (Å²) >= 11 is 0. The van der Waals surface area contributed by atoms with Crippen molar-refractivity contribution in [2.45, 2.75) is 373 Å². The number of nitrogens with zero attached hydrogens (tertiary/aromatic N) is 1. The van der Waals surface area contributed by atoms with E-state index in [4.69, 9.17) is 18.9 Å². The van der Waals surface area contributed by atoms with Crippen molar-refractivity contribution in [3.8, 4) is 0 Å². The van der Waals surface area contributed by atoms with Gasteiger partial charge >= 0.3 is 17.9 Å². The Morgan fingerprint density at radius 3 is 0.859 bits per heavy atom. The number of unbranched alkanes of at least 4 members (excludes halogenated alkanes) is 39. The number of aliphatic carboxylic acids is 1. The molecule has 99 heavy (non-hydrogen) atoms. The highest BCUT2D eigenvalue weighted by atomic mass is 16.7. The van der Waals surface area contributed by atoms with Crippen LogP contribution in [0, 0.1) is 0 Å². The normalized spacial score (nSPS) is 13.3. The highest BCUT2D eigenvalue weighted by Gasteiger charge is 2.25. The van der Waals surface area contributed by atoms with Crippen LogP contribution in [-0.4, -0.2) is 87.4 Å². The number of quaternary nitrogens is 1. The van der Waals surface area contributed by atoms with Gasteiger partial charge in [0, 0.05) is 12.8 Å². The van der Waals surface area contributed by atoms with E-state index in [1.165, 1.54) is 218 Å². The van der Waals surface area contributed by atoms with E-state index in [0.717, 1.165) is 109 Å². The first kappa shape index (κ1) is 94.4. The number of hydrogen-bond acceptors (Lipinski definition) is 7. The zero-order valence-corrected chi connectivity index (χ0v) is 65.1. The van der Waals surface area contributed by atoms with Crippen molar-refractivity contribution in [1.29, 1.82) is 0 Å². The van der Waals surface area contributed by atoms with Crippen LogP contribution in [0.25, 0.3) is 0 Å². The van der Waals surface area contributed by atoms with E-state index in [2.05, 4.69) is 148 Å². The van der Waals surface area contributed by atoms with Gasteiger partial charge in [0.15, 0.2) is 6.10 Å². The van der Waals surface area contributed by atoms with E-state index in [-0.39, 0.29) is 32.2 Å². The molecular weight excluding hydrogens is 1220 g/mol. The molecule has 0 spiro atoms. The molecule has 568 valence electrons. The SMILES string of the molecule is CC/C=C\C/C=C\C/C=C\C/C=C\C/C=C\C/C=C\C/C=C\C/C=C\C/C=C\CCCCCCCCCC(=O)OC(COC(=O)CCCCCCCCCCCCCCCCCCCCCCCCCCCCC/C=C\C/C=C\CCCCCCC)COC(OCC[N+](C)(C)C)C(=O)O. The maximum atomic E-state index is 13.0. The average Bonchev–Trinajstić information content (AvgIpc) is 1.16. The molecule has 0 saturated carbocycles. The summed E-state index contributed by atoms with van der Waals surface area (Å²) in [5.41, 5.74) is 0. The Bertz CT molecular complexity index is 2100. The summed E-state index contributed by atoms with van der Waals surface area (Å²) in [5, 5.41) is 9.78. The number of carbonyl (C=O) groups is 3. The van der Waals surface area contributed by atoms with Crippen LogP contribution in [-0.2, 0) is 33.3 Å². The molecule has 0 aromatic carbocycles. The summed E-state index contributed by atoms with van der Waals surface area (Å²) in [4.78, 5) is 37.8. The van der Waals surface area contributed by atoms with Crippen LogP contribution >= 0.6 is 0 Å². The van der Waals surface area contributed by atoms with Gasteiger partial charge < -0.3 is 28.5 Å². The van der Waals surface area contributed by atoms with Crippen molar-refractivity contribution >= 4 is 17.9 Å². The molecule has 0 aliphatic rings. The number of likely N-dealkylation sites (N-methyl/N-ethyl adjacent to an activating group) is 1. The van der Waals surface area contributed by atoms with Crippen molar-refractivity contribution < 1.29 is 42.9 Å². The molecule has 0 amide bonds. The number of allylic oxidation sites excluding steroid dienone is 22. The van der Waals surface area contributed by atoms with Gasteiger partial charge in [0.05, 0.1) is 34.4 Å². The third-order valence-corrected chi connectivity index (χ3v) is 17.9. The highest BCUT2D eigenvalue weighted by Crippen LogP contribution is 2.19. The quantitative estimate of drug-likeness (QED) is 0.0211. The Morgan fingerprint density at radius 1 is 0.313 bits per heavy atom. The summed E-state index contributed by atoms with van der Waals surface area (Å²) in [5.74, 6) is -2.01. The Hall–Kier alpha value is -4.57. The molecule has 0 aliphatic heterocycles. The largest absolute Gasteiger partial charge is 0.477 e. The number of ether oxygens (including phenoxy) is 4. The predicted molar refractivity (Wildman–Crippen MR) is 428 cm³/mol. The first-order valence-corrected chi connectivity index (χ1v) is 41.3. The second kappa shape index (κ2) is 79.1. The number of carboxylic acids is 1. The molecule has 0 aromatic heterocycles. The van der Waals surface area contributed by atoms with Gasteiger partial charge in [-0.3, -0.25) is 9.59 Å². The second-order valence-corrected chi connectivity index (χ2v) is 28.7. The average molecular weight is 1380 g/mol. The smallest absolute Gasteiger partial charge is 0.361 e. The molecule has 0 fully saturated rings. The maximum Gasteiger partial charge on any atom is 0.361 e. The fourth-order valence-electron chi connectivity index (χ4n) is 11.6. The summed E-state index contributed by atoms with van der Waals surface area (Å²) in [6.07, 6.45) is 112. The van der Waals surface area contributed by atoms with Crippen LogP contribution < -0.4 is 0 Å². The van der Waals surface area contributed by atoms with E-state index in [1.54, 1.807) is 0 Å². The van der Waals surface area contributed by atoms with E-state index >= 15 is 0 Å². The molecule has 0 saturated heterocycles. The fourth-order valence-corrected chi connectivity index (χ4v) is 11.6. The van der Waals surface area contributed by atoms with Crippen molar-refractivity contribution in [3.05, 3.63) is 134 Å². The summed E-state index contributed by atoms with van der Waals surface area (Å²) in [7, 11) is 5.98. The van der Waals surface area contributed by atoms with Gasteiger partial charge in [-0.15, -0.1) is 0 Å². The molecule has 0 aliphatic carbocycles. The lowest BCUT2D eigenvalue weighted by Gasteiger charge is -2.25. The first-order chi connectivity index (χ1) is 48.6. The Labute approximate surface area is 611 Å². The monoisotopic (exact) mass is 1380 g/mol. The van der Waals surface area contributed by atoms with E-state index in [1.807, 2.05) is 21.1 Å². The highest BCUT2D eigenvalue weighted by molar-refractivity contribution is 5.71. The van der Waals surface area contributed by atoms with Gasteiger partial charge in [0.1, 0.15) is 13.2 Å². The number of hydrogen-bond donors (Lipinski definition) is 1. The van der Waals surface area contributed by atoms with Crippen molar-refractivity contribution in [1.82, 2.24) is 0 Å². The van der Waals surface area contributed by atoms with Crippen LogP contribution in [0.3, 0.4) is 0 Å². The lowest BCUT2D eigenvalue weighted by molar-refractivity contribution is -0.870. The minimum absolute atomic E-state index is 0.181. The lowest BCUT2D eigenvalue weighted by atomic mass is 10.0. The maximum absolute atomic E-state index is 13.0. The third-order valence-electron chi connectivity index (χ3n) is 17.9. The predicted octanol–water partition coefficient (Wildman–Crippen LogP) is 26.8. The van der Waals surface area contributed by atoms with Gasteiger partial charge in [0.2, 0.25) is 0 Å². The zero-order chi connectivity index (χ0) is 71.8. The Balaban J connectivity index is 4.04. The molecule has 0 bridgehead atoms. The topological polar surface area (TPSA) is 108 Å². The molecule has 2 unspecified atom stereocenters. The van der Waals surface area contributed by atoms with Gasteiger partial charge in [-0.25, -0.2) is 4.79 Å². The molecule has 0 heterocycles. The van der Waals surface area contributed by atoms with Crippen LogP contribution in [0.5, 0.6) is 0 Å². The molecule has 9 nitrogen and oxygen atoms in total. The Morgan fingerprint density at radius 2 is 0.576 bits per heavy atom. The minimum Gasteiger partial charge on any atom is -0.477 e. The van der Waals surface area contributed by atoms with Gasteiger partial charge in [-0.05, 0) is 116 Å². The molecule has 0 aromatic rings. The van der Waals surface area contributed by atoms with Gasteiger partial charge in [-0.1, -0.05) is 366 Å². The van der Waals surface area contributed by atoms with Crippen LogP contribution in [0.4, 0.5) is 0 Å². The third kappa shape index (κ3) is 80.6. The zero-order valence-electron chi connectivity index (χ0n) is 65.1. The summed E-state index contributed by atoms with van der Waals surface area (Å²) in [6, 6.07) is 0. The van der Waals surface area contributed by atoms with Crippen LogP contribution in [0.2, 0.25) is 0 Å². The van der Waals surface area contributed by atoms with Crippen LogP contribution in [0.1, 0.15) is 361 Å². The number of esters is 2. The number of rotatable bonds is 76. The van der Waals surface area contributed by atoms with E-state index < -0.39 is 24.3 Å². The molecule has 9 heteroatoms. The first-order valence-electron chi connectivity index (χ1n) is 41.3. The fraction of sp³-hybridized carbons (Fsp3) is 0.722. The van der Waals surface area contributed by atoms with Gasteiger partial charge in [0.25, 0.3) is 6.29 Å². The van der Waals surface area contributed by atoms with E-state index in [0.29, 0.717) is 23.9 Å². The number of carbonyl (C=O) groups excluding carboxylic acids is 2. The number of carboxylic acid groups (broad SMARTS) is 1. The molecule has 0 radical (unpaired) electrons. The standard InChI is InChI=1S/C90H155NO8/c1-6-8-10-12-14-16-18-20-22-24-26-28-30-32-34-36-38-40-42-43-44-45-47-48-50-52-54-56-58-60-62-64-66-68-70-72-74-76-78-80-87(92)97-84-86(85-98-90(89(94)95)96-83-82-91(3,4)5)99-88(93)81-79-77-75-73-71-69-67-65-63-61-59-57-55-53-51-49-46-41-39-37-35-33-31-29-27-25-23-21-19-17-15-13-11-9-7-2/h9,11,15,17-18,20-21,23-24,26-27,29,33,35,39,41,49,51,55,57,61,63,86,90H,6-8,10,12-14,16,19,22,25,28,30-32,34,36-38,40,42-48,50,52-54,56,58-60,62,64-85H2,1-5H3/p+1/b11-9-,17-15-,20-18-,23-21-,26-24-,29-27-,35-33-,41-39-,51-49-,57-55-,63-61-. The van der Waals surface area contributed by atoms with Crippen molar-refractivity contribution in [2.24, 2.45) is 0 Å². The van der Waals surface area contributed by atoms with E-state index in [9.17, 15) is 19.5 Å². The summed E-state index contributed by atoms with van der Waals surface area (Å²) < 4.78 is 23.0. The minimum atomic E-state index is -1.52. The van der Waals surface area contributed by atoms with Crippen LogP contribution in [0.15, 0.2) is 134 Å². The lowest BCUT2D eigenvalue weighted by Crippen LogP contribution is -2.40. The molecular formula is C90H156NO8+. The molecule has 1 N–H and O–H groups in total. The van der Waals surface area contributed by atoms with Gasteiger partial charge in [-0.2, -0.15) is 0 Å². The van der Waals surface area contributed by atoms with Crippen molar-refractivity contribution in [3.63, 3.8) is 0 Å². The summed E-state index contributed by atoms with van der Waals surface area (Å²) in [6.45, 7) is 4.77. The molecule has 2 atom stereocenters. The van der Waals surface area contributed by atoms with Crippen molar-refractivity contribution in [2.75, 3.05) is 47.5 Å².